The maximum absolute atomic E-state index is 10.5. The van der Waals surface area contributed by atoms with Crippen LogP contribution in [0.2, 0.25) is 10.0 Å². The van der Waals surface area contributed by atoms with Crippen molar-refractivity contribution in [1.29, 1.82) is 0 Å². The van der Waals surface area contributed by atoms with E-state index in [1.54, 1.807) is 0 Å². The van der Waals surface area contributed by atoms with Crippen molar-refractivity contribution >= 4 is 50.2 Å². The topological polar surface area (TPSA) is 40.1 Å². The number of hydrogen-bond acceptors (Lipinski definition) is 2. The predicted octanol–water partition coefficient (Wildman–Crippen LogP) is -0.00210. The Morgan fingerprint density at radius 1 is 1.31 bits per heavy atom. The molecule has 0 aliphatic rings. The van der Waals surface area contributed by atoms with E-state index in [9.17, 15) is 8.76 Å². The third kappa shape index (κ3) is 3.80. The molecule has 0 amide bonds. The molecule has 2 nitrogen and oxygen atoms in total. The Morgan fingerprint density at radius 2 is 1.85 bits per heavy atom. The van der Waals surface area contributed by atoms with E-state index in [2.05, 4.69) is 15.9 Å². The minimum atomic E-state index is -2.33. The van der Waals surface area contributed by atoms with E-state index >= 15 is 0 Å². The Bertz CT molecular complexity index is 348. The molecule has 0 aliphatic carbocycles. The molecular weight excluding hydrogens is 310 g/mol. The van der Waals surface area contributed by atoms with Crippen molar-refractivity contribution in [2.24, 2.45) is 0 Å². The van der Waals surface area contributed by atoms with Gasteiger partial charge in [0.25, 0.3) is 0 Å². The quantitative estimate of drug-likeness (QED) is 0.416. The summed E-state index contributed by atoms with van der Waals surface area (Å²) in [5.41, 5.74) is 0. The van der Waals surface area contributed by atoms with Gasteiger partial charge in [0.05, 0.1) is 10.0 Å². The molecule has 0 heterocycles. The van der Waals surface area contributed by atoms with Gasteiger partial charge in [-0.15, -0.1) is 0 Å². The molecule has 1 aromatic rings. The number of benzene rings is 1. The summed E-state index contributed by atoms with van der Waals surface area (Å²) in [6, 6.07) is 2.73. The van der Waals surface area contributed by atoms with Gasteiger partial charge in [0.1, 0.15) is 0 Å². The molecule has 0 spiro atoms. The Morgan fingerprint density at radius 3 is 2.31 bits per heavy atom. The summed E-state index contributed by atoms with van der Waals surface area (Å²) in [5, 5.41) is 0.505. The van der Waals surface area contributed by atoms with Crippen LogP contribution in [0.5, 0.6) is 0 Å². The summed E-state index contributed by atoms with van der Waals surface area (Å²) in [7, 11) is 0. The number of rotatable bonds is 1. The minimum absolute atomic E-state index is 0. The third-order valence-electron chi connectivity index (χ3n) is 1.15. The second-order valence-electron chi connectivity index (χ2n) is 1.93. The van der Waals surface area contributed by atoms with Gasteiger partial charge in [0.2, 0.25) is 0 Å². The molecule has 7 heteroatoms. The summed E-state index contributed by atoms with van der Waals surface area (Å²) in [4.78, 5) is 0.0351. The SMILES string of the molecule is O=S([O-])c1cc(Br)c(Cl)cc1Cl.[Na+]. The van der Waals surface area contributed by atoms with E-state index in [4.69, 9.17) is 23.2 Å². The molecule has 0 saturated carbocycles. The molecule has 1 atom stereocenters. The first-order valence-corrected chi connectivity index (χ1v) is 5.38. The van der Waals surface area contributed by atoms with Gasteiger partial charge in [-0.1, -0.05) is 23.2 Å². The maximum atomic E-state index is 10.5. The van der Waals surface area contributed by atoms with Crippen molar-refractivity contribution in [2.75, 3.05) is 0 Å². The van der Waals surface area contributed by atoms with E-state index in [-0.39, 0.29) is 39.5 Å². The van der Waals surface area contributed by atoms with Crippen LogP contribution in [0.25, 0.3) is 0 Å². The van der Waals surface area contributed by atoms with E-state index < -0.39 is 11.1 Å². The second kappa shape index (κ2) is 6.08. The van der Waals surface area contributed by atoms with Gasteiger partial charge < -0.3 is 4.55 Å². The van der Waals surface area contributed by atoms with Crippen LogP contribution in [0, 0.1) is 0 Å². The number of halogens is 3. The molecular formula is C6H2BrCl2NaO2S. The first kappa shape index (κ1) is 14.4. The molecule has 0 aromatic heterocycles. The normalized spacial score (nSPS) is 12.0. The van der Waals surface area contributed by atoms with Crippen molar-refractivity contribution in [3.8, 4) is 0 Å². The maximum Gasteiger partial charge on any atom is 1.00 e. The zero-order valence-corrected chi connectivity index (χ0v) is 12.4. The van der Waals surface area contributed by atoms with Crippen LogP contribution >= 0.6 is 39.1 Å². The van der Waals surface area contributed by atoms with Gasteiger partial charge in [0, 0.05) is 9.37 Å². The van der Waals surface area contributed by atoms with Crippen molar-refractivity contribution < 1.29 is 38.3 Å². The number of hydrogen-bond donors (Lipinski definition) is 0. The van der Waals surface area contributed by atoms with Gasteiger partial charge in [-0.05, 0) is 39.1 Å². The van der Waals surface area contributed by atoms with Crippen LogP contribution in [0.1, 0.15) is 0 Å². The smallest absolute Gasteiger partial charge is 0.768 e. The largest absolute Gasteiger partial charge is 1.00 e. The molecule has 1 rings (SSSR count). The molecule has 0 N–H and O–H groups in total. The monoisotopic (exact) mass is 310 g/mol. The average Bonchev–Trinajstić information content (AvgIpc) is 1.96. The molecule has 0 bridgehead atoms. The fourth-order valence-electron chi connectivity index (χ4n) is 0.632. The first-order chi connectivity index (χ1) is 5.52. The van der Waals surface area contributed by atoms with Gasteiger partial charge in [0.15, 0.2) is 0 Å². The Hall–Kier alpha value is 1.39. The molecule has 0 saturated heterocycles. The molecule has 0 aliphatic heterocycles. The van der Waals surface area contributed by atoms with Crippen molar-refractivity contribution in [3.63, 3.8) is 0 Å². The van der Waals surface area contributed by atoms with Crippen LogP contribution in [-0.2, 0) is 11.1 Å². The summed E-state index contributed by atoms with van der Waals surface area (Å²) >= 11 is 12.0. The van der Waals surface area contributed by atoms with E-state index in [0.717, 1.165) is 0 Å². The molecule has 1 aromatic carbocycles. The van der Waals surface area contributed by atoms with Gasteiger partial charge in [-0.3, -0.25) is 4.21 Å². The summed E-state index contributed by atoms with van der Waals surface area (Å²) in [5.74, 6) is 0. The molecule has 0 fully saturated rings. The van der Waals surface area contributed by atoms with Crippen LogP contribution in [0.15, 0.2) is 21.5 Å². The van der Waals surface area contributed by atoms with Gasteiger partial charge in [-0.25, -0.2) is 0 Å². The zero-order chi connectivity index (χ0) is 9.30. The molecule has 66 valence electrons. The van der Waals surface area contributed by atoms with Crippen molar-refractivity contribution in [2.45, 2.75) is 4.90 Å². The van der Waals surface area contributed by atoms with E-state index in [1.807, 2.05) is 0 Å². The first-order valence-electron chi connectivity index (χ1n) is 2.76. The standard InChI is InChI=1S/C6H3BrCl2O2S.Na/c7-3-1-6(12(10)11)5(9)2-4(3)8;/h1-2H,(H,10,11);/q;+1/p-1. The van der Waals surface area contributed by atoms with Crippen LogP contribution in [-0.4, -0.2) is 8.76 Å². The molecule has 13 heavy (non-hydrogen) atoms. The Kier molecular flexibility index (Phi) is 6.73. The predicted molar refractivity (Wildman–Crippen MR) is 51.3 cm³/mol. The Labute approximate surface area is 119 Å². The fraction of sp³-hybridized carbons (Fsp3) is 0. The van der Waals surface area contributed by atoms with Crippen LogP contribution < -0.4 is 29.6 Å². The second-order valence-corrected chi connectivity index (χ2v) is 4.51. The molecule has 1 unspecified atom stereocenters. The Balaban J connectivity index is 0.00000144. The summed E-state index contributed by atoms with van der Waals surface area (Å²) < 4.78 is 21.6. The van der Waals surface area contributed by atoms with Crippen molar-refractivity contribution in [1.82, 2.24) is 0 Å². The van der Waals surface area contributed by atoms with Gasteiger partial charge in [-0.2, -0.15) is 0 Å². The third-order valence-corrected chi connectivity index (χ3v) is 3.47. The van der Waals surface area contributed by atoms with E-state index in [0.29, 0.717) is 9.50 Å². The van der Waals surface area contributed by atoms with Crippen molar-refractivity contribution in [3.05, 3.63) is 26.7 Å². The average molecular weight is 312 g/mol. The van der Waals surface area contributed by atoms with E-state index in [1.165, 1.54) is 12.1 Å². The minimum Gasteiger partial charge on any atom is -0.768 e. The summed E-state index contributed by atoms with van der Waals surface area (Å²) in [6.45, 7) is 0. The van der Waals surface area contributed by atoms with Gasteiger partial charge >= 0.3 is 29.6 Å². The zero-order valence-electron chi connectivity index (χ0n) is 6.51. The summed E-state index contributed by atoms with van der Waals surface area (Å²) in [6.07, 6.45) is 0. The van der Waals surface area contributed by atoms with Crippen LogP contribution in [0.3, 0.4) is 0 Å². The van der Waals surface area contributed by atoms with Crippen LogP contribution in [0.4, 0.5) is 0 Å². The molecule has 0 radical (unpaired) electrons. The fourth-order valence-corrected chi connectivity index (χ4v) is 2.13.